The lowest BCUT2D eigenvalue weighted by Gasteiger charge is -2.44. The van der Waals surface area contributed by atoms with E-state index in [0.29, 0.717) is 31.3 Å². The van der Waals surface area contributed by atoms with Crippen LogP contribution >= 0.6 is 0 Å². The van der Waals surface area contributed by atoms with Crippen LogP contribution in [0.25, 0.3) is 0 Å². The van der Waals surface area contributed by atoms with Gasteiger partial charge in [0.2, 0.25) is 0 Å². The second-order valence-electron chi connectivity index (χ2n) is 20.7. The van der Waals surface area contributed by atoms with E-state index in [9.17, 15) is 14.4 Å². The van der Waals surface area contributed by atoms with Crippen molar-refractivity contribution in [1.82, 2.24) is 4.90 Å². The van der Waals surface area contributed by atoms with E-state index in [4.69, 9.17) is 33.2 Å². The summed E-state index contributed by atoms with van der Waals surface area (Å²) in [6, 6.07) is 0. The van der Waals surface area contributed by atoms with Crippen molar-refractivity contribution < 1.29 is 52.0 Å². The lowest BCUT2D eigenvalue weighted by atomic mass is 9.70. The fraction of sp³-hybridized carbons (Fsp3) is 0.865. The van der Waals surface area contributed by atoms with Crippen LogP contribution in [0.5, 0.6) is 0 Å². The van der Waals surface area contributed by atoms with E-state index in [2.05, 4.69) is 37.1 Å². The van der Waals surface area contributed by atoms with Gasteiger partial charge in [0.15, 0.2) is 12.1 Å². The maximum Gasteiger partial charge on any atom is 0.320 e. The maximum atomic E-state index is 14.8. The van der Waals surface area contributed by atoms with Crippen LogP contribution < -0.4 is 0 Å². The van der Waals surface area contributed by atoms with E-state index in [1.807, 2.05) is 20.8 Å². The average molecular weight is 900 g/mol. The molecule has 0 aromatic rings. The van der Waals surface area contributed by atoms with Gasteiger partial charge in [-0.3, -0.25) is 19.3 Å². The molecular formula is C52H87N2O10+. The predicted octanol–water partition coefficient (Wildman–Crippen LogP) is 8.24. The third-order valence-electron chi connectivity index (χ3n) is 16.3. The van der Waals surface area contributed by atoms with E-state index in [0.717, 1.165) is 43.5 Å². The molecule has 0 spiro atoms. The van der Waals surface area contributed by atoms with E-state index in [-0.39, 0.29) is 90.8 Å². The highest BCUT2D eigenvalue weighted by Gasteiger charge is 2.52. The first kappa shape index (κ1) is 51.2. The molecule has 6 aliphatic rings. The monoisotopic (exact) mass is 900 g/mol. The quantitative estimate of drug-likeness (QED) is 0.0509. The number of Topliss-reactive ketones (excluding diaryl/α,β-unsaturated/α-hetero) is 1. The van der Waals surface area contributed by atoms with Gasteiger partial charge in [0.25, 0.3) is 0 Å². The highest BCUT2D eigenvalue weighted by molar-refractivity contribution is 5.99. The number of fused-ring (bicyclic) bond motifs is 5. The van der Waals surface area contributed by atoms with Crippen LogP contribution in [0.4, 0.5) is 0 Å². The SMILES string of the molecule is CCCCCCCCCCCC[N+]1(C)CCN(CC(=O)O[C@H]2CCC[C@H](CC)OC(=O)C[C@@H]3C(=C[C@@H]4[C@H]3C=C[C@@H]3C[C@@H](O[C@@H]5O[C@@H](C)[C@H](OC)[C@@H](OC)[C@H]5OC)C[C@@H]43)C(=O)[C@@H]2C)CC1. The molecule has 3 aliphatic heterocycles. The summed E-state index contributed by atoms with van der Waals surface area (Å²) in [7, 11) is 7.33. The second kappa shape index (κ2) is 24.7. The standard InChI is InChI=1S/C52H87N2O10/c1-9-11-12-13-14-15-16-17-18-19-27-54(5)28-25-53(26-29-54)34-47(56)64-45-22-20-21-38(10-2)62-46(55)33-43-40-24-23-37-30-39(31-41(37)42(40)32-44(43)48(57)35(45)3)63-52-51(60-8)50(59-7)49(58-6)36(4)61-52/h23-24,32,35-43,45,49-52H,9-22,25-31,33-34H2,1-8H3/q+1/t35-,36+,37-,38+,39-,40-,41-,42-,43+,45+,49+,50-,51-,52+/m1/s1. The molecule has 3 heterocycles. The summed E-state index contributed by atoms with van der Waals surface area (Å²) in [6.07, 6.45) is 21.8. The number of carbonyl (C=O) groups excluding carboxylic acids is 3. The molecule has 364 valence electrons. The van der Waals surface area contributed by atoms with E-state index >= 15 is 0 Å². The van der Waals surface area contributed by atoms with Crippen LogP contribution in [0, 0.1) is 35.5 Å². The molecule has 0 aromatic heterocycles. The van der Waals surface area contributed by atoms with Crippen LogP contribution in [0.3, 0.4) is 0 Å². The number of allylic oxidation sites excluding steroid dienone is 4. The van der Waals surface area contributed by atoms with E-state index in [1.165, 1.54) is 70.8 Å². The van der Waals surface area contributed by atoms with Crippen LogP contribution in [-0.4, -0.2) is 144 Å². The van der Waals surface area contributed by atoms with Crippen LogP contribution in [0.15, 0.2) is 23.8 Å². The number of hydrogen-bond acceptors (Lipinski definition) is 11. The minimum absolute atomic E-state index is 0.00554. The van der Waals surface area contributed by atoms with Crippen molar-refractivity contribution in [2.45, 2.75) is 186 Å². The molecule has 3 saturated heterocycles. The Bertz CT molecular complexity index is 1550. The molecule has 6 rings (SSSR count). The third-order valence-corrected chi connectivity index (χ3v) is 16.3. The Morgan fingerprint density at radius 1 is 0.828 bits per heavy atom. The number of ether oxygens (including phenoxy) is 7. The topological polar surface area (TPSA) is 119 Å². The number of rotatable bonds is 20. The number of unbranched alkanes of at least 4 members (excludes halogenated alkanes) is 9. The predicted molar refractivity (Wildman–Crippen MR) is 247 cm³/mol. The number of methoxy groups -OCH3 is 3. The number of piperazine rings is 1. The number of quaternary nitrogens is 1. The average Bonchev–Trinajstić information content (AvgIpc) is 3.86. The van der Waals surface area contributed by atoms with E-state index in [1.54, 1.807) is 21.3 Å². The Kier molecular flexibility index (Phi) is 19.8. The number of likely N-dealkylation sites (N-methyl/N-ethyl adjacent to an activating group) is 1. The van der Waals surface area contributed by atoms with Gasteiger partial charge in [-0.2, -0.15) is 0 Å². The van der Waals surface area contributed by atoms with Crippen molar-refractivity contribution >= 4 is 17.7 Å². The van der Waals surface area contributed by atoms with E-state index < -0.39 is 24.4 Å². The summed E-state index contributed by atoms with van der Waals surface area (Å²) in [5, 5.41) is 0. The molecule has 1 saturated carbocycles. The molecule has 0 amide bonds. The molecule has 0 aromatic carbocycles. The fourth-order valence-electron chi connectivity index (χ4n) is 12.2. The first-order valence-corrected chi connectivity index (χ1v) is 25.7. The number of hydrogen-bond donors (Lipinski definition) is 0. The molecule has 14 atom stereocenters. The third kappa shape index (κ3) is 13.1. The number of carbonyl (C=O) groups is 3. The molecule has 3 aliphatic carbocycles. The smallest absolute Gasteiger partial charge is 0.320 e. The first-order valence-electron chi connectivity index (χ1n) is 25.7. The first-order chi connectivity index (χ1) is 30.9. The zero-order valence-electron chi connectivity index (χ0n) is 41.1. The Labute approximate surface area is 386 Å². The van der Waals surface area contributed by atoms with Gasteiger partial charge >= 0.3 is 11.9 Å². The minimum Gasteiger partial charge on any atom is -0.462 e. The van der Waals surface area contributed by atoms with Gasteiger partial charge in [-0.15, -0.1) is 0 Å². The van der Waals surface area contributed by atoms with Crippen molar-refractivity contribution in [3.8, 4) is 0 Å². The lowest BCUT2D eigenvalue weighted by Crippen LogP contribution is -2.59. The van der Waals surface area contributed by atoms with Crippen LogP contribution in [-0.2, 0) is 47.5 Å². The molecule has 0 unspecified atom stereocenters. The second-order valence-corrected chi connectivity index (χ2v) is 20.7. The summed E-state index contributed by atoms with van der Waals surface area (Å²) < 4.78 is 44.0. The maximum absolute atomic E-state index is 14.8. The van der Waals surface area contributed by atoms with Gasteiger partial charge in [0.1, 0.15) is 30.5 Å². The van der Waals surface area contributed by atoms with Gasteiger partial charge in [0.05, 0.1) is 57.8 Å². The summed E-state index contributed by atoms with van der Waals surface area (Å²) in [5.41, 5.74) is 0.691. The van der Waals surface area contributed by atoms with Gasteiger partial charge in [-0.1, -0.05) is 90.4 Å². The number of esters is 2. The molecule has 64 heavy (non-hydrogen) atoms. The van der Waals surface area contributed by atoms with Crippen molar-refractivity contribution in [3.63, 3.8) is 0 Å². The van der Waals surface area contributed by atoms with Crippen molar-refractivity contribution in [2.24, 2.45) is 35.5 Å². The summed E-state index contributed by atoms with van der Waals surface area (Å²) in [5.74, 6) is -0.778. The highest BCUT2D eigenvalue weighted by Crippen LogP contribution is 2.54. The Morgan fingerprint density at radius 2 is 1.50 bits per heavy atom. The summed E-state index contributed by atoms with van der Waals surface area (Å²) >= 11 is 0. The molecule has 12 nitrogen and oxygen atoms in total. The lowest BCUT2D eigenvalue weighted by molar-refractivity contribution is -0.913. The van der Waals surface area contributed by atoms with Gasteiger partial charge in [0, 0.05) is 40.3 Å². The Hall–Kier alpha value is -2.19. The zero-order valence-corrected chi connectivity index (χ0v) is 41.1. The molecule has 12 heteroatoms. The number of nitrogens with zero attached hydrogens (tertiary/aromatic N) is 2. The minimum atomic E-state index is -0.616. The van der Waals surface area contributed by atoms with Gasteiger partial charge in [-0.05, 0) is 87.5 Å². The molecule has 4 fully saturated rings. The molecule has 0 N–H and O–H groups in total. The summed E-state index contributed by atoms with van der Waals surface area (Å²) in [4.78, 5) is 44.4. The normalized spacial score (nSPS) is 36.8. The van der Waals surface area contributed by atoms with Crippen LogP contribution in [0.2, 0.25) is 0 Å². The molecule has 0 bridgehead atoms. The molecular weight excluding hydrogens is 813 g/mol. The fourth-order valence-corrected chi connectivity index (χ4v) is 12.2. The van der Waals surface area contributed by atoms with Gasteiger partial charge < -0.3 is 37.6 Å². The van der Waals surface area contributed by atoms with Crippen molar-refractivity contribution in [3.05, 3.63) is 23.8 Å². The zero-order chi connectivity index (χ0) is 45.8. The Balaban J connectivity index is 1.06. The van der Waals surface area contributed by atoms with Gasteiger partial charge in [-0.25, -0.2) is 0 Å². The van der Waals surface area contributed by atoms with Crippen LogP contribution in [0.1, 0.15) is 137 Å². The molecule has 0 radical (unpaired) electrons. The van der Waals surface area contributed by atoms with Crippen molar-refractivity contribution in [2.75, 3.05) is 67.6 Å². The Morgan fingerprint density at radius 3 is 2.16 bits per heavy atom. The number of ketones is 1. The largest absolute Gasteiger partial charge is 0.462 e. The highest BCUT2D eigenvalue weighted by atomic mass is 16.7. The number of cyclic esters (lactones) is 1. The van der Waals surface area contributed by atoms with Crippen molar-refractivity contribution in [1.29, 1.82) is 0 Å². The summed E-state index contributed by atoms with van der Waals surface area (Å²) in [6.45, 7) is 13.5.